The fourth-order valence-electron chi connectivity index (χ4n) is 3.97. The summed E-state index contributed by atoms with van der Waals surface area (Å²) in [5.41, 5.74) is 7.31. The molecule has 1 aromatic rings. The number of hydrogen-bond acceptors (Lipinski definition) is 2. The van der Waals surface area contributed by atoms with Crippen LogP contribution >= 0.6 is 0 Å². The first-order valence-corrected chi connectivity index (χ1v) is 7.28. The SMILES string of the molecule is C#CCN1C2CCC1CC(c1ccccc1C(N)=O)C2. The predicted octanol–water partition coefficient (Wildman–Crippen LogP) is 2.13. The van der Waals surface area contributed by atoms with Crippen LogP contribution < -0.4 is 5.73 Å². The minimum absolute atomic E-state index is 0.320. The lowest BCUT2D eigenvalue weighted by molar-refractivity contribution is 0.0996. The molecule has 2 atom stereocenters. The molecule has 2 fully saturated rings. The van der Waals surface area contributed by atoms with E-state index in [1.54, 1.807) is 0 Å². The number of amides is 1. The van der Waals surface area contributed by atoms with Crippen molar-refractivity contribution in [2.75, 3.05) is 6.54 Å². The summed E-state index contributed by atoms with van der Waals surface area (Å²) in [6.45, 7) is 0.750. The highest BCUT2D eigenvalue weighted by atomic mass is 16.1. The first-order valence-electron chi connectivity index (χ1n) is 7.28. The zero-order valence-electron chi connectivity index (χ0n) is 11.6. The van der Waals surface area contributed by atoms with Gasteiger partial charge in [0.2, 0.25) is 5.91 Å². The maximum absolute atomic E-state index is 11.6. The molecule has 3 heteroatoms. The van der Waals surface area contributed by atoms with Crippen molar-refractivity contribution in [3.63, 3.8) is 0 Å². The molecule has 3 rings (SSSR count). The molecular formula is C17H20N2O. The number of carbonyl (C=O) groups excluding carboxylic acids is 1. The van der Waals surface area contributed by atoms with Crippen LogP contribution in [0.5, 0.6) is 0 Å². The minimum Gasteiger partial charge on any atom is -0.366 e. The Hall–Kier alpha value is -1.79. The van der Waals surface area contributed by atoms with E-state index in [1.165, 1.54) is 12.8 Å². The largest absolute Gasteiger partial charge is 0.366 e. The van der Waals surface area contributed by atoms with E-state index in [1.807, 2.05) is 18.2 Å². The normalized spacial score (nSPS) is 29.1. The molecule has 104 valence electrons. The van der Waals surface area contributed by atoms with Crippen LogP contribution in [0.4, 0.5) is 0 Å². The number of rotatable bonds is 3. The molecule has 2 aliphatic heterocycles. The summed E-state index contributed by atoms with van der Waals surface area (Å²) in [4.78, 5) is 14.1. The maximum Gasteiger partial charge on any atom is 0.248 e. The number of nitrogens with two attached hydrogens (primary N) is 1. The van der Waals surface area contributed by atoms with E-state index in [4.69, 9.17) is 12.2 Å². The Morgan fingerprint density at radius 3 is 2.55 bits per heavy atom. The van der Waals surface area contributed by atoms with Crippen LogP contribution in [-0.4, -0.2) is 29.4 Å². The summed E-state index contributed by atoms with van der Waals surface area (Å²) in [5, 5.41) is 0. The quantitative estimate of drug-likeness (QED) is 0.854. The molecule has 2 heterocycles. The van der Waals surface area contributed by atoms with Crippen molar-refractivity contribution in [2.45, 2.75) is 43.7 Å². The Labute approximate surface area is 120 Å². The van der Waals surface area contributed by atoms with Crippen LogP contribution in [0.3, 0.4) is 0 Å². The van der Waals surface area contributed by atoms with Crippen molar-refractivity contribution >= 4 is 5.91 Å². The fourth-order valence-corrected chi connectivity index (χ4v) is 3.97. The summed E-state index contributed by atoms with van der Waals surface area (Å²) < 4.78 is 0. The molecule has 0 radical (unpaired) electrons. The molecule has 20 heavy (non-hydrogen) atoms. The molecule has 2 unspecified atom stereocenters. The van der Waals surface area contributed by atoms with Crippen LogP contribution in [-0.2, 0) is 0 Å². The monoisotopic (exact) mass is 268 g/mol. The molecule has 0 aliphatic carbocycles. The number of benzene rings is 1. The van der Waals surface area contributed by atoms with Crippen LogP contribution in [0.1, 0.15) is 47.5 Å². The number of hydrogen-bond donors (Lipinski definition) is 1. The topological polar surface area (TPSA) is 46.3 Å². The van der Waals surface area contributed by atoms with Crippen LogP contribution in [0.2, 0.25) is 0 Å². The van der Waals surface area contributed by atoms with Gasteiger partial charge >= 0.3 is 0 Å². The van der Waals surface area contributed by atoms with E-state index in [0.717, 1.165) is 24.9 Å². The van der Waals surface area contributed by atoms with Crippen LogP contribution in [0.15, 0.2) is 24.3 Å². The third-order valence-corrected chi connectivity index (χ3v) is 4.82. The molecule has 1 aromatic carbocycles. The average Bonchev–Trinajstić information content (AvgIpc) is 2.70. The van der Waals surface area contributed by atoms with E-state index in [2.05, 4.69) is 16.9 Å². The van der Waals surface area contributed by atoms with Gasteiger partial charge in [-0.1, -0.05) is 24.1 Å². The van der Waals surface area contributed by atoms with E-state index in [0.29, 0.717) is 23.6 Å². The number of terminal acetylenes is 1. The number of piperidine rings is 1. The van der Waals surface area contributed by atoms with E-state index in [-0.39, 0.29) is 5.91 Å². The van der Waals surface area contributed by atoms with Crippen molar-refractivity contribution < 1.29 is 4.79 Å². The molecular weight excluding hydrogens is 248 g/mol. The molecule has 2 saturated heterocycles. The number of primary amides is 1. The Balaban J connectivity index is 1.85. The fraction of sp³-hybridized carbons (Fsp3) is 0.471. The summed E-state index contributed by atoms with van der Waals surface area (Å²) in [5.74, 6) is 2.89. The number of carbonyl (C=O) groups is 1. The van der Waals surface area contributed by atoms with Crippen molar-refractivity contribution in [3.8, 4) is 12.3 Å². The Bertz CT molecular complexity index is 546. The van der Waals surface area contributed by atoms with Crippen molar-refractivity contribution in [1.82, 2.24) is 4.90 Å². The second-order valence-corrected chi connectivity index (χ2v) is 5.88. The van der Waals surface area contributed by atoms with Gasteiger partial charge in [0.25, 0.3) is 0 Å². The number of fused-ring (bicyclic) bond motifs is 2. The smallest absolute Gasteiger partial charge is 0.248 e. The van der Waals surface area contributed by atoms with Crippen molar-refractivity contribution in [2.24, 2.45) is 5.73 Å². The van der Waals surface area contributed by atoms with Gasteiger partial charge < -0.3 is 5.73 Å². The van der Waals surface area contributed by atoms with Gasteiger partial charge in [0.15, 0.2) is 0 Å². The minimum atomic E-state index is -0.320. The average molecular weight is 268 g/mol. The summed E-state index contributed by atoms with van der Waals surface area (Å²) in [6, 6.07) is 8.91. The molecule has 0 saturated carbocycles. The summed E-state index contributed by atoms with van der Waals surface area (Å²) >= 11 is 0. The molecule has 0 aromatic heterocycles. The van der Waals surface area contributed by atoms with Gasteiger partial charge in [-0.3, -0.25) is 9.69 Å². The Morgan fingerprint density at radius 2 is 1.95 bits per heavy atom. The third kappa shape index (κ3) is 2.21. The van der Waals surface area contributed by atoms with Crippen molar-refractivity contribution in [3.05, 3.63) is 35.4 Å². The highest BCUT2D eigenvalue weighted by Gasteiger charge is 2.41. The lowest BCUT2D eigenvalue weighted by Crippen LogP contribution is -2.42. The molecule has 3 nitrogen and oxygen atoms in total. The molecule has 2 N–H and O–H groups in total. The van der Waals surface area contributed by atoms with E-state index in [9.17, 15) is 4.79 Å². The van der Waals surface area contributed by atoms with Crippen LogP contribution in [0.25, 0.3) is 0 Å². The maximum atomic E-state index is 11.6. The Kier molecular flexibility index (Phi) is 3.50. The van der Waals surface area contributed by atoms with Gasteiger partial charge in [-0.05, 0) is 43.2 Å². The molecule has 0 spiro atoms. The summed E-state index contributed by atoms with van der Waals surface area (Å²) in [6.07, 6.45) is 10.1. The van der Waals surface area contributed by atoms with Gasteiger partial charge in [-0.25, -0.2) is 0 Å². The van der Waals surface area contributed by atoms with Gasteiger partial charge in [0.05, 0.1) is 6.54 Å². The highest BCUT2D eigenvalue weighted by Crippen LogP contribution is 2.43. The second-order valence-electron chi connectivity index (χ2n) is 5.88. The van der Waals surface area contributed by atoms with Crippen molar-refractivity contribution in [1.29, 1.82) is 0 Å². The van der Waals surface area contributed by atoms with Gasteiger partial charge in [0.1, 0.15) is 0 Å². The van der Waals surface area contributed by atoms with Gasteiger partial charge in [-0.2, -0.15) is 0 Å². The molecule has 1 amide bonds. The lowest BCUT2D eigenvalue weighted by Gasteiger charge is -2.38. The zero-order chi connectivity index (χ0) is 14.1. The first kappa shape index (κ1) is 13.2. The third-order valence-electron chi connectivity index (χ3n) is 4.82. The highest BCUT2D eigenvalue weighted by molar-refractivity contribution is 5.94. The first-order chi connectivity index (χ1) is 9.70. The van der Waals surface area contributed by atoms with Crippen LogP contribution in [0, 0.1) is 12.3 Å². The summed E-state index contributed by atoms with van der Waals surface area (Å²) in [7, 11) is 0. The van der Waals surface area contributed by atoms with Gasteiger partial charge in [-0.15, -0.1) is 6.42 Å². The van der Waals surface area contributed by atoms with E-state index >= 15 is 0 Å². The molecule has 2 bridgehead atoms. The second kappa shape index (κ2) is 5.30. The lowest BCUT2D eigenvalue weighted by atomic mass is 9.82. The molecule has 2 aliphatic rings. The van der Waals surface area contributed by atoms with Gasteiger partial charge in [0, 0.05) is 17.6 Å². The predicted molar refractivity (Wildman–Crippen MR) is 79.3 cm³/mol. The van der Waals surface area contributed by atoms with E-state index < -0.39 is 0 Å². The standard InChI is InChI=1S/C17H20N2O/c1-2-9-19-13-7-8-14(19)11-12(10-13)15-5-3-4-6-16(15)17(18)20/h1,3-6,12-14H,7-11H2,(H2,18,20). The number of nitrogens with zero attached hydrogens (tertiary/aromatic N) is 1. The Morgan fingerprint density at radius 1 is 1.30 bits per heavy atom. The zero-order valence-corrected chi connectivity index (χ0v) is 11.6.